The first-order chi connectivity index (χ1) is 10.2. The zero-order chi connectivity index (χ0) is 15.1. The fraction of sp³-hybridized carbons (Fsp3) is 0.867. The van der Waals surface area contributed by atoms with E-state index in [-0.39, 0.29) is 11.8 Å². The lowest BCUT2D eigenvalue weighted by Gasteiger charge is -2.36. The molecule has 0 bridgehead atoms. The molecule has 0 aromatic heterocycles. The van der Waals surface area contributed by atoms with Crippen molar-refractivity contribution < 1.29 is 14.3 Å². The topological polar surface area (TPSA) is 70.7 Å². The first kappa shape index (κ1) is 16.2. The minimum Gasteiger partial charge on any atom is -0.377 e. The van der Waals surface area contributed by atoms with E-state index in [9.17, 15) is 9.59 Å². The molecule has 2 rings (SSSR count). The Morgan fingerprint density at radius 1 is 1.43 bits per heavy atom. The van der Waals surface area contributed by atoms with Gasteiger partial charge in [-0.3, -0.25) is 9.59 Å². The average Bonchev–Trinajstić information content (AvgIpc) is 2.53. The Bertz CT molecular complexity index is 356. The van der Waals surface area contributed by atoms with E-state index < -0.39 is 6.04 Å². The van der Waals surface area contributed by atoms with Crippen molar-refractivity contribution in [2.45, 2.75) is 38.6 Å². The van der Waals surface area contributed by atoms with Crippen LogP contribution in [-0.2, 0) is 14.3 Å². The zero-order valence-corrected chi connectivity index (χ0v) is 12.9. The predicted octanol–water partition coefficient (Wildman–Crippen LogP) is 0.130. The van der Waals surface area contributed by atoms with Crippen molar-refractivity contribution in [3.8, 4) is 0 Å². The van der Waals surface area contributed by atoms with Gasteiger partial charge in [0.05, 0.1) is 13.2 Å². The molecule has 0 aromatic rings. The van der Waals surface area contributed by atoms with E-state index in [1.165, 1.54) is 0 Å². The lowest BCUT2D eigenvalue weighted by Crippen LogP contribution is -2.56. The smallest absolute Gasteiger partial charge is 0.245 e. The molecule has 0 spiro atoms. The monoisotopic (exact) mass is 297 g/mol. The van der Waals surface area contributed by atoms with E-state index in [4.69, 9.17) is 4.74 Å². The first-order valence-electron chi connectivity index (χ1n) is 8.08. The number of nitrogens with zero attached hydrogens (tertiary/aromatic N) is 1. The summed E-state index contributed by atoms with van der Waals surface area (Å²) in [6.45, 7) is 5.95. The third-order valence-corrected chi connectivity index (χ3v) is 4.16. The number of hydrogen-bond acceptors (Lipinski definition) is 4. The maximum Gasteiger partial charge on any atom is 0.245 e. The summed E-state index contributed by atoms with van der Waals surface area (Å²) in [5, 5.41) is 6.20. The Hall–Kier alpha value is -1.14. The van der Waals surface area contributed by atoms with E-state index in [1.807, 2.05) is 6.92 Å². The van der Waals surface area contributed by atoms with Gasteiger partial charge in [-0.25, -0.2) is 0 Å². The van der Waals surface area contributed by atoms with Crippen LogP contribution in [0.15, 0.2) is 0 Å². The SMILES string of the molecule is CCCNC(=O)C1COCCN1C(=O)CC1CCCNC1. The summed E-state index contributed by atoms with van der Waals surface area (Å²) in [6.07, 6.45) is 3.64. The van der Waals surface area contributed by atoms with Crippen LogP contribution in [0.1, 0.15) is 32.6 Å². The molecular weight excluding hydrogens is 270 g/mol. The van der Waals surface area contributed by atoms with E-state index in [0.29, 0.717) is 38.6 Å². The summed E-state index contributed by atoms with van der Waals surface area (Å²) in [4.78, 5) is 26.4. The van der Waals surface area contributed by atoms with Crippen LogP contribution < -0.4 is 10.6 Å². The highest BCUT2D eigenvalue weighted by atomic mass is 16.5. The van der Waals surface area contributed by atoms with Gasteiger partial charge in [-0.1, -0.05) is 6.92 Å². The second-order valence-corrected chi connectivity index (χ2v) is 5.89. The van der Waals surface area contributed by atoms with Crippen molar-refractivity contribution in [3.05, 3.63) is 0 Å². The summed E-state index contributed by atoms with van der Waals surface area (Å²) in [7, 11) is 0. The molecule has 120 valence electrons. The largest absolute Gasteiger partial charge is 0.377 e. The number of carbonyl (C=O) groups excluding carboxylic acids is 2. The second-order valence-electron chi connectivity index (χ2n) is 5.89. The Morgan fingerprint density at radius 3 is 3.00 bits per heavy atom. The van der Waals surface area contributed by atoms with Gasteiger partial charge in [0.15, 0.2) is 0 Å². The van der Waals surface area contributed by atoms with Crippen LogP contribution >= 0.6 is 0 Å². The predicted molar refractivity (Wildman–Crippen MR) is 79.8 cm³/mol. The molecule has 6 nitrogen and oxygen atoms in total. The van der Waals surface area contributed by atoms with Crippen molar-refractivity contribution in [1.29, 1.82) is 0 Å². The number of ether oxygens (including phenoxy) is 1. The molecule has 2 N–H and O–H groups in total. The molecule has 0 aromatic carbocycles. The van der Waals surface area contributed by atoms with Crippen LogP contribution in [0.4, 0.5) is 0 Å². The molecule has 2 aliphatic rings. The van der Waals surface area contributed by atoms with Crippen LogP contribution in [0.3, 0.4) is 0 Å². The lowest BCUT2D eigenvalue weighted by atomic mass is 9.95. The molecule has 6 heteroatoms. The summed E-state index contributed by atoms with van der Waals surface area (Å²) >= 11 is 0. The van der Waals surface area contributed by atoms with E-state index in [1.54, 1.807) is 4.90 Å². The van der Waals surface area contributed by atoms with Gasteiger partial charge in [0.25, 0.3) is 0 Å². The molecule has 2 aliphatic heterocycles. The Balaban J connectivity index is 1.90. The molecule has 2 heterocycles. The highest BCUT2D eigenvalue weighted by Crippen LogP contribution is 2.18. The zero-order valence-electron chi connectivity index (χ0n) is 12.9. The maximum absolute atomic E-state index is 12.5. The van der Waals surface area contributed by atoms with Crippen LogP contribution in [0.5, 0.6) is 0 Å². The fourth-order valence-corrected chi connectivity index (χ4v) is 2.95. The molecule has 21 heavy (non-hydrogen) atoms. The van der Waals surface area contributed by atoms with Crippen molar-refractivity contribution in [1.82, 2.24) is 15.5 Å². The second kappa shape index (κ2) is 8.34. The fourth-order valence-electron chi connectivity index (χ4n) is 2.95. The number of amides is 2. The van der Waals surface area contributed by atoms with E-state index >= 15 is 0 Å². The van der Waals surface area contributed by atoms with Gasteiger partial charge < -0.3 is 20.3 Å². The normalized spacial score (nSPS) is 26.4. The summed E-state index contributed by atoms with van der Waals surface area (Å²) in [5.74, 6) is 0.392. The van der Waals surface area contributed by atoms with Gasteiger partial charge in [0, 0.05) is 19.5 Å². The number of nitrogens with one attached hydrogen (secondary N) is 2. The summed E-state index contributed by atoms with van der Waals surface area (Å²) in [6, 6.07) is -0.464. The summed E-state index contributed by atoms with van der Waals surface area (Å²) < 4.78 is 5.39. The number of rotatable bonds is 5. The van der Waals surface area contributed by atoms with Gasteiger partial charge in [0.1, 0.15) is 6.04 Å². The molecule has 2 saturated heterocycles. The Kier molecular flexibility index (Phi) is 6.45. The summed E-state index contributed by atoms with van der Waals surface area (Å²) in [5.41, 5.74) is 0. The van der Waals surface area contributed by atoms with Gasteiger partial charge in [0.2, 0.25) is 11.8 Å². The van der Waals surface area contributed by atoms with Crippen LogP contribution in [-0.4, -0.2) is 62.1 Å². The number of morpholine rings is 1. The number of carbonyl (C=O) groups is 2. The molecule has 0 radical (unpaired) electrons. The maximum atomic E-state index is 12.5. The molecule has 0 aliphatic carbocycles. The highest BCUT2D eigenvalue weighted by Gasteiger charge is 2.33. The average molecular weight is 297 g/mol. The Labute approximate surface area is 126 Å². The van der Waals surface area contributed by atoms with Crippen molar-refractivity contribution in [3.63, 3.8) is 0 Å². The van der Waals surface area contributed by atoms with Crippen molar-refractivity contribution in [2.24, 2.45) is 5.92 Å². The van der Waals surface area contributed by atoms with Crippen LogP contribution in [0.25, 0.3) is 0 Å². The molecule has 2 atom stereocenters. The standard InChI is InChI=1S/C15H27N3O3/c1-2-5-17-15(20)13-11-21-8-7-18(13)14(19)9-12-4-3-6-16-10-12/h12-13,16H,2-11H2,1H3,(H,17,20). The number of hydrogen-bond donors (Lipinski definition) is 2. The quantitative estimate of drug-likeness (QED) is 0.757. The minimum atomic E-state index is -0.464. The van der Waals surface area contributed by atoms with Crippen molar-refractivity contribution >= 4 is 11.8 Å². The molecule has 2 unspecified atom stereocenters. The van der Waals surface area contributed by atoms with Crippen LogP contribution in [0, 0.1) is 5.92 Å². The van der Waals surface area contributed by atoms with E-state index in [0.717, 1.165) is 32.4 Å². The molecule has 2 fully saturated rings. The third kappa shape index (κ3) is 4.68. The van der Waals surface area contributed by atoms with E-state index in [2.05, 4.69) is 10.6 Å². The Morgan fingerprint density at radius 2 is 2.29 bits per heavy atom. The highest BCUT2D eigenvalue weighted by molar-refractivity contribution is 5.88. The first-order valence-corrected chi connectivity index (χ1v) is 8.08. The van der Waals surface area contributed by atoms with Crippen molar-refractivity contribution in [2.75, 3.05) is 39.4 Å². The van der Waals surface area contributed by atoms with Gasteiger partial charge in [-0.15, -0.1) is 0 Å². The van der Waals surface area contributed by atoms with Gasteiger partial charge in [-0.2, -0.15) is 0 Å². The molecular formula is C15H27N3O3. The lowest BCUT2D eigenvalue weighted by molar-refractivity contribution is -0.149. The van der Waals surface area contributed by atoms with Crippen LogP contribution in [0.2, 0.25) is 0 Å². The van der Waals surface area contributed by atoms with Gasteiger partial charge >= 0.3 is 0 Å². The number of piperidine rings is 1. The third-order valence-electron chi connectivity index (χ3n) is 4.16. The van der Waals surface area contributed by atoms with Gasteiger partial charge in [-0.05, 0) is 38.3 Å². The minimum absolute atomic E-state index is 0.0867. The molecule has 2 amide bonds. The molecule has 0 saturated carbocycles.